The van der Waals surface area contributed by atoms with E-state index in [0.717, 1.165) is 11.4 Å². The molecule has 0 aliphatic carbocycles. The van der Waals surface area contributed by atoms with Crippen molar-refractivity contribution in [1.29, 1.82) is 0 Å². The molecule has 1 heterocycles. The molecule has 1 nitrogen and oxygen atoms in total. The monoisotopic (exact) mass is 237 g/mol. The summed E-state index contributed by atoms with van der Waals surface area (Å²) in [6.45, 7) is 3.84. The van der Waals surface area contributed by atoms with Crippen molar-refractivity contribution in [1.82, 2.24) is 4.90 Å². The highest BCUT2D eigenvalue weighted by molar-refractivity contribution is 6.30. The zero-order chi connectivity index (χ0) is 11.2. The fraction of sp³-hybridized carbons (Fsp3) is 0.571. The molecule has 1 saturated heterocycles. The van der Waals surface area contributed by atoms with Crippen molar-refractivity contribution in [2.45, 2.75) is 32.1 Å². The number of nitrogens with zero attached hydrogens (tertiary/aromatic N) is 1. The summed E-state index contributed by atoms with van der Waals surface area (Å²) in [5, 5.41) is 0.857. The fourth-order valence-corrected chi connectivity index (χ4v) is 2.60. The summed E-state index contributed by atoms with van der Waals surface area (Å²) in [6, 6.07) is 8.23. The van der Waals surface area contributed by atoms with Crippen molar-refractivity contribution >= 4 is 11.6 Å². The molecule has 1 aliphatic rings. The van der Waals surface area contributed by atoms with E-state index in [4.69, 9.17) is 11.6 Å². The third kappa shape index (κ3) is 3.80. The Morgan fingerprint density at radius 3 is 2.69 bits per heavy atom. The molecule has 1 aromatic carbocycles. The van der Waals surface area contributed by atoms with E-state index in [2.05, 4.69) is 17.0 Å². The molecule has 0 saturated carbocycles. The Hall–Kier alpha value is -0.530. The lowest BCUT2D eigenvalue weighted by molar-refractivity contribution is 0.226. The van der Waals surface area contributed by atoms with E-state index < -0.39 is 0 Å². The smallest absolute Gasteiger partial charge is 0.0408 e. The molecule has 0 N–H and O–H groups in total. The van der Waals surface area contributed by atoms with Crippen LogP contribution in [0.3, 0.4) is 0 Å². The van der Waals surface area contributed by atoms with Crippen molar-refractivity contribution < 1.29 is 0 Å². The number of hydrogen-bond acceptors (Lipinski definition) is 1. The van der Waals surface area contributed by atoms with Gasteiger partial charge in [0.15, 0.2) is 0 Å². The summed E-state index contributed by atoms with van der Waals surface area (Å²) in [5.41, 5.74) is 1.37. The quantitative estimate of drug-likeness (QED) is 0.771. The second-order valence-electron chi connectivity index (χ2n) is 4.64. The zero-order valence-electron chi connectivity index (χ0n) is 9.79. The average molecular weight is 238 g/mol. The summed E-state index contributed by atoms with van der Waals surface area (Å²) >= 11 is 5.96. The van der Waals surface area contributed by atoms with Gasteiger partial charge in [-0.05, 0) is 63.0 Å². The van der Waals surface area contributed by atoms with Gasteiger partial charge in [-0.25, -0.2) is 0 Å². The van der Waals surface area contributed by atoms with Crippen LogP contribution in [0.15, 0.2) is 24.3 Å². The van der Waals surface area contributed by atoms with Crippen molar-refractivity contribution in [3.63, 3.8) is 0 Å². The lowest BCUT2D eigenvalue weighted by Gasteiger charge is -2.26. The van der Waals surface area contributed by atoms with E-state index >= 15 is 0 Å². The first kappa shape index (κ1) is 11.9. The molecule has 1 fully saturated rings. The minimum Gasteiger partial charge on any atom is -0.303 e. The van der Waals surface area contributed by atoms with Gasteiger partial charge in [-0.3, -0.25) is 0 Å². The van der Waals surface area contributed by atoms with Gasteiger partial charge in [0.2, 0.25) is 0 Å². The van der Waals surface area contributed by atoms with Crippen LogP contribution in [-0.4, -0.2) is 24.5 Å². The number of halogens is 1. The van der Waals surface area contributed by atoms with E-state index in [0.29, 0.717) is 0 Å². The van der Waals surface area contributed by atoms with Crippen LogP contribution in [0.1, 0.15) is 31.2 Å². The molecule has 2 heteroatoms. The second kappa shape index (κ2) is 6.27. The normalized spacial score (nSPS) is 17.6. The van der Waals surface area contributed by atoms with Crippen LogP contribution < -0.4 is 0 Å². The SMILES string of the molecule is Clc1cccc(CCCN2CCCCC2)c1. The molecule has 0 spiro atoms. The molecule has 0 bridgehead atoms. The van der Waals surface area contributed by atoms with Gasteiger partial charge in [0.25, 0.3) is 0 Å². The van der Waals surface area contributed by atoms with Crippen LogP contribution in [0.25, 0.3) is 0 Å². The summed E-state index contributed by atoms with van der Waals surface area (Å²) in [7, 11) is 0. The van der Waals surface area contributed by atoms with Gasteiger partial charge in [-0.1, -0.05) is 30.2 Å². The Balaban J connectivity index is 1.71. The van der Waals surface area contributed by atoms with E-state index in [1.807, 2.05) is 12.1 Å². The lowest BCUT2D eigenvalue weighted by Crippen LogP contribution is -2.30. The molecule has 0 atom stereocenters. The van der Waals surface area contributed by atoms with E-state index in [-0.39, 0.29) is 0 Å². The van der Waals surface area contributed by atoms with Gasteiger partial charge in [-0.15, -0.1) is 0 Å². The van der Waals surface area contributed by atoms with Crippen molar-refractivity contribution in [3.05, 3.63) is 34.9 Å². The lowest BCUT2D eigenvalue weighted by atomic mass is 10.1. The highest BCUT2D eigenvalue weighted by Gasteiger charge is 2.08. The highest BCUT2D eigenvalue weighted by Crippen LogP contribution is 2.13. The zero-order valence-corrected chi connectivity index (χ0v) is 10.5. The first-order valence-electron chi connectivity index (χ1n) is 6.31. The predicted octanol–water partition coefficient (Wildman–Crippen LogP) is 3.76. The Morgan fingerprint density at radius 2 is 1.94 bits per heavy atom. The molecular formula is C14H20ClN. The maximum absolute atomic E-state index is 5.96. The van der Waals surface area contributed by atoms with Gasteiger partial charge in [0.05, 0.1) is 0 Å². The van der Waals surface area contributed by atoms with Gasteiger partial charge >= 0.3 is 0 Å². The minimum absolute atomic E-state index is 0.857. The molecule has 1 aromatic rings. The minimum atomic E-state index is 0.857. The summed E-state index contributed by atoms with van der Waals surface area (Å²) < 4.78 is 0. The highest BCUT2D eigenvalue weighted by atomic mass is 35.5. The Bertz CT molecular complexity index is 318. The number of rotatable bonds is 4. The van der Waals surface area contributed by atoms with E-state index in [1.54, 1.807) is 0 Å². The summed E-state index contributed by atoms with van der Waals surface area (Å²) in [6.07, 6.45) is 6.59. The van der Waals surface area contributed by atoms with Gasteiger partial charge in [-0.2, -0.15) is 0 Å². The predicted molar refractivity (Wildman–Crippen MR) is 70.1 cm³/mol. The Morgan fingerprint density at radius 1 is 1.12 bits per heavy atom. The molecule has 0 aromatic heterocycles. The molecule has 16 heavy (non-hydrogen) atoms. The molecule has 0 amide bonds. The van der Waals surface area contributed by atoms with Crippen molar-refractivity contribution in [2.75, 3.05) is 19.6 Å². The van der Waals surface area contributed by atoms with Gasteiger partial charge < -0.3 is 4.90 Å². The van der Waals surface area contributed by atoms with E-state index in [1.165, 1.54) is 50.9 Å². The number of hydrogen-bond donors (Lipinski definition) is 0. The van der Waals surface area contributed by atoms with Crippen LogP contribution in [-0.2, 0) is 6.42 Å². The summed E-state index contributed by atoms with van der Waals surface area (Å²) in [5.74, 6) is 0. The topological polar surface area (TPSA) is 3.24 Å². The van der Waals surface area contributed by atoms with E-state index in [9.17, 15) is 0 Å². The van der Waals surface area contributed by atoms with Gasteiger partial charge in [0, 0.05) is 5.02 Å². The molecule has 1 aliphatic heterocycles. The van der Waals surface area contributed by atoms with Crippen LogP contribution in [0.5, 0.6) is 0 Å². The third-order valence-electron chi connectivity index (χ3n) is 3.28. The van der Waals surface area contributed by atoms with Crippen LogP contribution in [0.4, 0.5) is 0 Å². The van der Waals surface area contributed by atoms with Crippen LogP contribution >= 0.6 is 11.6 Å². The molecule has 88 valence electrons. The summed E-state index contributed by atoms with van der Waals surface area (Å²) in [4.78, 5) is 2.59. The number of likely N-dealkylation sites (tertiary alicyclic amines) is 1. The van der Waals surface area contributed by atoms with Crippen molar-refractivity contribution in [2.24, 2.45) is 0 Å². The van der Waals surface area contributed by atoms with Crippen LogP contribution in [0.2, 0.25) is 5.02 Å². The molecule has 0 radical (unpaired) electrons. The number of aryl methyl sites for hydroxylation is 1. The average Bonchev–Trinajstić information content (AvgIpc) is 2.30. The maximum atomic E-state index is 5.96. The van der Waals surface area contributed by atoms with Crippen molar-refractivity contribution in [3.8, 4) is 0 Å². The number of benzene rings is 1. The second-order valence-corrected chi connectivity index (χ2v) is 5.07. The molecular weight excluding hydrogens is 218 g/mol. The standard InChI is InChI=1S/C14H20ClN/c15-14-8-4-6-13(12-14)7-5-11-16-9-2-1-3-10-16/h4,6,8,12H,1-3,5,7,9-11H2. The van der Waals surface area contributed by atoms with Gasteiger partial charge in [0.1, 0.15) is 0 Å². The third-order valence-corrected chi connectivity index (χ3v) is 3.51. The first-order valence-corrected chi connectivity index (χ1v) is 6.69. The molecule has 0 unspecified atom stereocenters. The molecule has 2 rings (SSSR count). The number of piperidine rings is 1. The Labute approximate surface area is 103 Å². The Kier molecular flexibility index (Phi) is 4.68. The largest absolute Gasteiger partial charge is 0.303 e. The first-order chi connectivity index (χ1) is 7.84. The maximum Gasteiger partial charge on any atom is 0.0408 e. The van der Waals surface area contributed by atoms with Crippen LogP contribution in [0, 0.1) is 0 Å². The fourth-order valence-electron chi connectivity index (χ4n) is 2.38.